The number of nitrogens with zero attached hydrogens (tertiary/aromatic N) is 3. The maximum atomic E-state index is 10.4. The Morgan fingerprint density at radius 2 is 2.05 bits per heavy atom. The van der Waals surface area contributed by atoms with E-state index in [2.05, 4.69) is 17.0 Å². The molecule has 0 aliphatic heterocycles. The Labute approximate surface area is 119 Å². The molecule has 0 aromatic carbocycles. The Balaban J connectivity index is 2.16. The van der Waals surface area contributed by atoms with Gasteiger partial charge in [-0.1, -0.05) is 6.92 Å². The van der Waals surface area contributed by atoms with Crippen LogP contribution in [0.5, 0.6) is 5.75 Å². The Bertz CT molecular complexity index is 552. The van der Waals surface area contributed by atoms with Gasteiger partial charge in [-0.25, -0.2) is 0 Å². The van der Waals surface area contributed by atoms with E-state index in [-0.39, 0.29) is 6.10 Å². The van der Waals surface area contributed by atoms with Crippen LogP contribution in [0.15, 0.2) is 30.9 Å². The van der Waals surface area contributed by atoms with E-state index >= 15 is 0 Å². The van der Waals surface area contributed by atoms with Gasteiger partial charge < -0.3 is 9.84 Å². The van der Waals surface area contributed by atoms with E-state index in [1.807, 2.05) is 30.8 Å². The molecule has 1 atom stereocenters. The van der Waals surface area contributed by atoms with Gasteiger partial charge in [0, 0.05) is 30.1 Å². The SMILES string of the molecule is CCCn1cc(C(O)c2cncc(OC(C)C)c2)cn1. The molecule has 0 saturated carbocycles. The van der Waals surface area contributed by atoms with Crippen molar-refractivity contribution < 1.29 is 9.84 Å². The van der Waals surface area contributed by atoms with Crippen LogP contribution in [0.1, 0.15) is 44.4 Å². The number of pyridine rings is 1. The molecule has 2 aromatic rings. The van der Waals surface area contributed by atoms with Crippen LogP contribution in [0.4, 0.5) is 0 Å². The summed E-state index contributed by atoms with van der Waals surface area (Å²) in [5.41, 5.74) is 1.47. The summed E-state index contributed by atoms with van der Waals surface area (Å²) in [5.74, 6) is 0.664. The van der Waals surface area contributed by atoms with Gasteiger partial charge in [0.25, 0.3) is 0 Å². The minimum absolute atomic E-state index is 0.0801. The molecule has 2 rings (SSSR count). The van der Waals surface area contributed by atoms with Crippen LogP contribution in [-0.4, -0.2) is 26.0 Å². The molecule has 2 heterocycles. The number of rotatable bonds is 6. The second-order valence-corrected chi connectivity index (χ2v) is 5.06. The molecule has 1 N–H and O–H groups in total. The fraction of sp³-hybridized carbons (Fsp3) is 0.467. The average molecular weight is 275 g/mol. The van der Waals surface area contributed by atoms with E-state index < -0.39 is 6.10 Å². The molecule has 0 spiro atoms. The van der Waals surface area contributed by atoms with E-state index in [1.54, 1.807) is 18.6 Å². The summed E-state index contributed by atoms with van der Waals surface area (Å²) in [6.07, 6.45) is 7.21. The summed E-state index contributed by atoms with van der Waals surface area (Å²) in [4.78, 5) is 4.12. The molecule has 20 heavy (non-hydrogen) atoms. The fourth-order valence-corrected chi connectivity index (χ4v) is 1.99. The smallest absolute Gasteiger partial charge is 0.138 e. The summed E-state index contributed by atoms with van der Waals surface area (Å²) in [7, 11) is 0. The van der Waals surface area contributed by atoms with Crippen molar-refractivity contribution in [2.75, 3.05) is 0 Å². The number of hydrogen-bond donors (Lipinski definition) is 1. The molecule has 1 unspecified atom stereocenters. The van der Waals surface area contributed by atoms with Crippen LogP contribution in [0, 0.1) is 0 Å². The first-order chi connectivity index (χ1) is 9.60. The highest BCUT2D eigenvalue weighted by molar-refractivity contribution is 5.30. The van der Waals surface area contributed by atoms with Gasteiger partial charge in [0.15, 0.2) is 0 Å². The van der Waals surface area contributed by atoms with Crippen molar-refractivity contribution in [1.29, 1.82) is 0 Å². The topological polar surface area (TPSA) is 60.2 Å². The van der Waals surface area contributed by atoms with Crippen molar-refractivity contribution >= 4 is 0 Å². The Morgan fingerprint density at radius 3 is 2.75 bits per heavy atom. The van der Waals surface area contributed by atoms with Crippen LogP contribution >= 0.6 is 0 Å². The molecule has 0 radical (unpaired) electrons. The van der Waals surface area contributed by atoms with Gasteiger partial charge >= 0.3 is 0 Å². The van der Waals surface area contributed by atoms with Crippen molar-refractivity contribution in [2.45, 2.75) is 45.9 Å². The van der Waals surface area contributed by atoms with Gasteiger partial charge in [-0.2, -0.15) is 5.10 Å². The van der Waals surface area contributed by atoms with Gasteiger partial charge in [-0.05, 0) is 26.3 Å². The molecule has 0 aliphatic rings. The number of aliphatic hydroxyl groups is 1. The second-order valence-electron chi connectivity index (χ2n) is 5.06. The normalized spacial score (nSPS) is 12.7. The molecule has 0 saturated heterocycles. The Hall–Kier alpha value is -1.88. The summed E-state index contributed by atoms with van der Waals surface area (Å²) in [6, 6.07) is 1.81. The third-order valence-electron chi connectivity index (χ3n) is 2.84. The first-order valence-corrected chi connectivity index (χ1v) is 6.92. The van der Waals surface area contributed by atoms with Crippen LogP contribution in [0.2, 0.25) is 0 Å². The average Bonchev–Trinajstić information content (AvgIpc) is 2.86. The summed E-state index contributed by atoms with van der Waals surface area (Å²) < 4.78 is 7.42. The fourth-order valence-electron chi connectivity index (χ4n) is 1.99. The summed E-state index contributed by atoms with van der Waals surface area (Å²) in [5, 5.41) is 14.6. The van der Waals surface area contributed by atoms with Crippen molar-refractivity contribution in [2.24, 2.45) is 0 Å². The maximum Gasteiger partial charge on any atom is 0.138 e. The third-order valence-corrected chi connectivity index (χ3v) is 2.84. The number of aliphatic hydroxyl groups excluding tert-OH is 1. The zero-order valence-corrected chi connectivity index (χ0v) is 12.2. The van der Waals surface area contributed by atoms with E-state index in [0.29, 0.717) is 11.3 Å². The molecule has 108 valence electrons. The zero-order valence-electron chi connectivity index (χ0n) is 12.2. The lowest BCUT2D eigenvalue weighted by Gasteiger charge is -2.12. The predicted octanol–water partition coefficient (Wildman–Crippen LogP) is 2.56. The molecule has 2 aromatic heterocycles. The number of hydrogen-bond acceptors (Lipinski definition) is 4. The highest BCUT2D eigenvalue weighted by Crippen LogP contribution is 2.24. The predicted molar refractivity (Wildman–Crippen MR) is 76.6 cm³/mol. The standard InChI is InChI=1S/C15H21N3O2/c1-4-5-18-10-13(8-17-18)15(19)12-6-14(9-16-7-12)20-11(2)3/h6-11,15,19H,4-5H2,1-3H3. The molecule has 0 bridgehead atoms. The van der Waals surface area contributed by atoms with Gasteiger partial charge in [0.1, 0.15) is 11.9 Å². The van der Waals surface area contributed by atoms with Crippen molar-refractivity contribution in [3.05, 3.63) is 42.0 Å². The van der Waals surface area contributed by atoms with Crippen LogP contribution in [0.3, 0.4) is 0 Å². The number of ether oxygens (including phenoxy) is 1. The molecular formula is C15H21N3O2. The van der Waals surface area contributed by atoms with E-state index in [4.69, 9.17) is 4.74 Å². The van der Waals surface area contributed by atoms with Gasteiger partial charge in [-0.3, -0.25) is 9.67 Å². The van der Waals surface area contributed by atoms with Crippen LogP contribution in [-0.2, 0) is 6.54 Å². The van der Waals surface area contributed by atoms with Crippen LogP contribution < -0.4 is 4.74 Å². The summed E-state index contributed by atoms with van der Waals surface area (Å²) >= 11 is 0. The lowest BCUT2D eigenvalue weighted by atomic mass is 10.1. The van der Waals surface area contributed by atoms with Gasteiger partial charge in [-0.15, -0.1) is 0 Å². The van der Waals surface area contributed by atoms with Gasteiger partial charge in [0.05, 0.1) is 18.5 Å². The second kappa shape index (κ2) is 6.52. The van der Waals surface area contributed by atoms with Crippen molar-refractivity contribution in [1.82, 2.24) is 14.8 Å². The largest absolute Gasteiger partial charge is 0.489 e. The molecule has 0 aliphatic carbocycles. The Morgan fingerprint density at radius 1 is 1.25 bits per heavy atom. The quantitative estimate of drug-likeness (QED) is 0.880. The minimum atomic E-state index is -0.733. The first kappa shape index (κ1) is 14.5. The highest BCUT2D eigenvalue weighted by atomic mass is 16.5. The maximum absolute atomic E-state index is 10.4. The molecule has 5 heteroatoms. The zero-order chi connectivity index (χ0) is 14.5. The number of aryl methyl sites for hydroxylation is 1. The molecular weight excluding hydrogens is 254 g/mol. The summed E-state index contributed by atoms with van der Waals surface area (Å²) in [6.45, 7) is 6.85. The van der Waals surface area contributed by atoms with E-state index in [1.165, 1.54) is 0 Å². The first-order valence-electron chi connectivity index (χ1n) is 6.92. The lowest BCUT2D eigenvalue weighted by Crippen LogP contribution is -2.07. The molecule has 5 nitrogen and oxygen atoms in total. The highest BCUT2D eigenvalue weighted by Gasteiger charge is 2.14. The van der Waals surface area contributed by atoms with Crippen molar-refractivity contribution in [3.63, 3.8) is 0 Å². The van der Waals surface area contributed by atoms with E-state index in [9.17, 15) is 5.11 Å². The Kier molecular flexibility index (Phi) is 4.74. The number of aromatic nitrogens is 3. The lowest BCUT2D eigenvalue weighted by molar-refractivity contribution is 0.215. The van der Waals surface area contributed by atoms with Crippen molar-refractivity contribution in [3.8, 4) is 5.75 Å². The third kappa shape index (κ3) is 3.57. The minimum Gasteiger partial charge on any atom is -0.489 e. The molecule has 0 amide bonds. The van der Waals surface area contributed by atoms with Gasteiger partial charge in [0.2, 0.25) is 0 Å². The van der Waals surface area contributed by atoms with Crippen LogP contribution in [0.25, 0.3) is 0 Å². The molecule has 0 fully saturated rings. The monoisotopic (exact) mass is 275 g/mol. The van der Waals surface area contributed by atoms with E-state index in [0.717, 1.165) is 18.5 Å².